The van der Waals surface area contributed by atoms with E-state index >= 15 is 0 Å². The van der Waals surface area contributed by atoms with Gasteiger partial charge in [0.25, 0.3) is 0 Å². The lowest BCUT2D eigenvalue weighted by atomic mass is 10.1. The summed E-state index contributed by atoms with van der Waals surface area (Å²) in [4.78, 5) is 4.31. The molecule has 2 nitrogen and oxygen atoms in total. The molecule has 1 atom stereocenters. The van der Waals surface area contributed by atoms with Crippen molar-refractivity contribution in [3.05, 3.63) is 44.8 Å². The predicted molar refractivity (Wildman–Crippen MR) is 73.0 cm³/mol. The van der Waals surface area contributed by atoms with E-state index in [1.165, 1.54) is 5.56 Å². The van der Waals surface area contributed by atoms with E-state index in [1.54, 1.807) is 11.3 Å². The van der Waals surface area contributed by atoms with E-state index in [0.29, 0.717) is 0 Å². The lowest BCUT2D eigenvalue weighted by molar-refractivity contribution is 0.848. The van der Waals surface area contributed by atoms with Crippen LogP contribution in [-0.2, 0) is 0 Å². The minimum Gasteiger partial charge on any atom is -0.377 e. The van der Waals surface area contributed by atoms with Crippen LogP contribution >= 0.6 is 27.3 Å². The molecule has 1 heterocycles. The Balaban J connectivity index is 2.15. The van der Waals surface area contributed by atoms with Gasteiger partial charge in [0.15, 0.2) is 0 Å². The third-order valence-electron chi connectivity index (χ3n) is 2.46. The van der Waals surface area contributed by atoms with Crippen molar-refractivity contribution in [3.8, 4) is 0 Å². The monoisotopic (exact) mass is 296 g/mol. The quantitative estimate of drug-likeness (QED) is 0.909. The first kappa shape index (κ1) is 11.6. The number of aryl methyl sites for hydroxylation is 1. The van der Waals surface area contributed by atoms with Crippen LogP contribution in [0.2, 0.25) is 0 Å². The van der Waals surface area contributed by atoms with Crippen molar-refractivity contribution < 1.29 is 0 Å². The second-order valence-electron chi connectivity index (χ2n) is 3.74. The normalized spacial score (nSPS) is 12.4. The van der Waals surface area contributed by atoms with Gasteiger partial charge in [0.1, 0.15) is 0 Å². The summed E-state index contributed by atoms with van der Waals surface area (Å²) < 4.78 is 1.11. The van der Waals surface area contributed by atoms with Crippen LogP contribution in [0.25, 0.3) is 0 Å². The van der Waals surface area contributed by atoms with Gasteiger partial charge < -0.3 is 5.32 Å². The molecule has 0 aliphatic carbocycles. The molecule has 1 aromatic carbocycles. The first-order chi connectivity index (χ1) is 7.66. The van der Waals surface area contributed by atoms with Crippen LogP contribution in [0.4, 0.5) is 5.69 Å². The van der Waals surface area contributed by atoms with Crippen LogP contribution in [0.5, 0.6) is 0 Å². The molecule has 16 heavy (non-hydrogen) atoms. The minimum atomic E-state index is 0.242. The smallest absolute Gasteiger partial charge is 0.0795 e. The Hall–Kier alpha value is -0.870. The molecule has 0 spiro atoms. The lowest BCUT2D eigenvalue weighted by Crippen LogP contribution is -2.07. The lowest BCUT2D eigenvalue weighted by Gasteiger charge is -2.15. The van der Waals surface area contributed by atoms with Gasteiger partial charge in [-0.15, -0.1) is 11.3 Å². The van der Waals surface area contributed by atoms with Gasteiger partial charge in [-0.1, -0.05) is 15.9 Å². The summed E-state index contributed by atoms with van der Waals surface area (Å²) in [5, 5.41) is 5.54. The van der Waals surface area contributed by atoms with Gasteiger partial charge in [0.2, 0.25) is 0 Å². The maximum Gasteiger partial charge on any atom is 0.0795 e. The number of aromatic nitrogens is 1. The van der Waals surface area contributed by atoms with Crippen molar-refractivity contribution in [3.63, 3.8) is 0 Å². The summed E-state index contributed by atoms with van der Waals surface area (Å²) in [5.74, 6) is 0. The standard InChI is InChI=1S/C12H13BrN2S/c1-8-5-10(13)3-4-11(8)15-9(2)12-6-16-7-14-12/h3-7,9,15H,1-2H3. The van der Waals surface area contributed by atoms with E-state index in [1.807, 2.05) is 11.6 Å². The highest BCUT2D eigenvalue weighted by atomic mass is 79.9. The predicted octanol–water partition coefficient (Wildman–Crippen LogP) is 4.39. The van der Waals surface area contributed by atoms with Gasteiger partial charge in [0, 0.05) is 15.5 Å². The molecule has 0 saturated heterocycles. The average molecular weight is 297 g/mol. The third-order valence-corrected chi connectivity index (χ3v) is 3.55. The molecular weight excluding hydrogens is 284 g/mol. The Morgan fingerprint density at radius 3 is 2.88 bits per heavy atom. The van der Waals surface area contributed by atoms with Gasteiger partial charge in [-0.05, 0) is 37.6 Å². The highest BCUT2D eigenvalue weighted by Crippen LogP contribution is 2.24. The maximum absolute atomic E-state index is 4.31. The first-order valence-corrected chi connectivity index (χ1v) is 6.81. The minimum absolute atomic E-state index is 0.242. The zero-order valence-corrected chi connectivity index (χ0v) is 11.6. The average Bonchev–Trinajstić information content (AvgIpc) is 2.75. The largest absolute Gasteiger partial charge is 0.377 e. The summed E-state index contributed by atoms with van der Waals surface area (Å²) >= 11 is 5.09. The summed E-state index contributed by atoms with van der Waals surface area (Å²) in [7, 11) is 0. The fraction of sp³-hybridized carbons (Fsp3) is 0.250. The fourth-order valence-electron chi connectivity index (χ4n) is 1.53. The molecule has 0 fully saturated rings. The molecule has 0 bridgehead atoms. The molecule has 0 aliphatic rings. The summed E-state index contributed by atoms with van der Waals surface area (Å²) in [6.07, 6.45) is 0. The van der Waals surface area contributed by atoms with E-state index in [9.17, 15) is 0 Å². The number of rotatable bonds is 3. The van der Waals surface area contributed by atoms with Crippen molar-refractivity contribution in [2.24, 2.45) is 0 Å². The molecular formula is C12H13BrN2S. The summed E-state index contributed by atoms with van der Waals surface area (Å²) in [6, 6.07) is 6.48. The van der Waals surface area contributed by atoms with Crippen LogP contribution in [0, 0.1) is 6.92 Å². The van der Waals surface area contributed by atoms with Crippen molar-refractivity contribution >= 4 is 33.0 Å². The first-order valence-electron chi connectivity index (χ1n) is 5.07. The van der Waals surface area contributed by atoms with Crippen LogP contribution in [-0.4, -0.2) is 4.98 Å². The second kappa shape index (κ2) is 4.97. The number of hydrogen-bond donors (Lipinski definition) is 1. The highest BCUT2D eigenvalue weighted by molar-refractivity contribution is 9.10. The molecule has 2 rings (SSSR count). The van der Waals surface area contributed by atoms with E-state index in [2.05, 4.69) is 57.6 Å². The number of halogens is 1. The van der Waals surface area contributed by atoms with Gasteiger partial charge in [0.05, 0.1) is 17.2 Å². The van der Waals surface area contributed by atoms with Gasteiger partial charge in [-0.25, -0.2) is 4.98 Å². The Morgan fingerprint density at radius 2 is 2.25 bits per heavy atom. The number of nitrogens with zero attached hydrogens (tertiary/aromatic N) is 1. The molecule has 84 valence electrons. The molecule has 1 unspecified atom stereocenters. The molecule has 0 saturated carbocycles. The zero-order valence-electron chi connectivity index (χ0n) is 9.20. The molecule has 0 radical (unpaired) electrons. The van der Waals surface area contributed by atoms with Gasteiger partial charge >= 0.3 is 0 Å². The van der Waals surface area contributed by atoms with Crippen molar-refractivity contribution in [2.45, 2.75) is 19.9 Å². The van der Waals surface area contributed by atoms with Gasteiger partial charge in [-0.3, -0.25) is 0 Å². The maximum atomic E-state index is 4.31. The zero-order chi connectivity index (χ0) is 11.5. The molecule has 1 N–H and O–H groups in total. The number of nitrogens with one attached hydrogen (secondary N) is 1. The van der Waals surface area contributed by atoms with Gasteiger partial charge in [-0.2, -0.15) is 0 Å². The summed E-state index contributed by atoms with van der Waals surface area (Å²) in [6.45, 7) is 4.22. The molecule has 1 aromatic heterocycles. The summed E-state index contributed by atoms with van der Waals surface area (Å²) in [5.41, 5.74) is 5.34. The molecule has 0 aliphatic heterocycles. The van der Waals surface area contributed by atoms with Crippen LogP contribution in [0.3, 0.4) is 0 Å². The number of thiazole rings is 1. The topological polar surface area (TPSA) is 24.9 Å². The number of benzene rings is 1. The molecule has 0 amide bonds. The van der Waals surface area contributed by atoms with E-state index in [-0.39, 0.29) is 6.04 Å². The third kappa shape index (κ3) is 2.62. The van der Waals surface area contributed by atoms with Crippen LogP contribution < -0.4 is 5.32 Å². The van der Waals surface area contributed by atoms with Crippen molar-refractivity contribution in [1.82, 2.24) is 4.98 Å². The van der Waals surface area contributed by atoms with Crippen LogP contribution in [0.1, 0.15) is 24.2 Å². The number of anilines is 1. The molecule has 2 aromatic rings. The Morgan fingerprint density at radius 1 is 1.44 bits per heavy atom. The van der Waals surface area contributed by atoms with E-state index < -0.39 is 0 Å². The highest BCUT2D eigenvalue weighted by Gasteiger charge is 2.08. The fourth-order valence-corrected chi connectivity index (χ4v) is 2.66. The second-order valence-corrected chi connectivity index (χ2v) is 5.37. The Bertz CT molecular complexity index is 468. The van der Waals surface area contributed by atoms with E-state index in [4.69, 9.17) is 0 Å². The Kier molecular flexibility index (Phi) is 3.61. The van der Waals surface area contributed by atoms with Crippen molar-refractivity contribution in [1.29, 1.82) is 0 Å². The number of hydrogen-bond acceptors (Lipinski definition) is 3. The SMILES string of the molecule is Cc1cc(Br)ccc1NC(C)c1cscn1. The molecule has 4 heteroatoms. The van der Waals surface area contributed by atoms with Crippen LogP contribution in [0.15, 0.2) is 33.6 Å². The van der Waals surface area contributed by atoms with Crippen molar-refractivity contribution in [2.75, 3.05) is 5.32 Å². The Labute approximate surface area is 108 Å². The van der Waals surface area contributed by atoms with E-state index in [0.717, 1.165) is 15.9 Å².